The van der Waals surface area contributed by atoms with Crippen LogP contribution in [0, 0.1) is 0 Å². The molecule has 0 fully saturated rings. The summed E-state index contributed by atoms with van der Waals surface area (Å²) >= 11 is 0. The summed E-state index contributed by atoms with van der Waals surface area (Å²) in [5.74, 6) is 1.07. The summed E-state index contributed by atoms with van der Waals surface area (Å²) in [6.45, 7) is 4.25. The smallest absolute Gasteiger partial charge is 0.252 e. The Labute approximate surface area is 117 Å². The van der Waals surface area contributed by atoms with Gasteiger partial charge in [-0.25, -0.2) is 0 Å². The van der Waals surface area contributed by atoms with Crippen LogP contribution < -0.4 is 15.8 Å². The number of rotatable bonds is 5. The van der Waals surface area contributed by atoms with Crippen LogP contribution in [-0.4, -0.2) is 12.5 Å². The second-order valence-corrected chi connectivity index (χ2v) is 4.43. The molecular weight excluding hydrogens is 256 g/mol. The Balaban J connectivity index is 2.12. The van der Waals surface area contributed by atoms with E-state index >= 15 is 0 Å². The van der Waals surface area contributed by atoms with Crippen LogP contribution in [-0.2, 0) is 0 Å². The van der Waals surface area contributed by atoms with Crippen LogP contribution in [0.5, 0.6) is 5.75 Å². The summed E-state index contributed by atoms with van der Waals surface area (Å²) in [4.78, 5) is 12.2. The van der Waals surface area contributed by atoms with Gasteiger partial charge in [0.1, 0.15) is 11.5 Å². The number of hydrogen-bond acceptors (Lipinski definition) is 4. The van der Waals surface area contributed by atoms with Gasteiger partial charge in [-0.3, -0.25) is 4.79 Å². The quantitative estimate of drug-likeness (QED) is 0.822. The zero-order valence-corrected chi connectivity index (χ0v) is 11.6. The van der Waals surface area contributed by atoms with Gasteiger partial charge >= 0.3 is 0 Å². The Hall–Kier alpha value is -2.43. The molecule has 1 aromatic carbocycles. The molecule has 0 aliphatic carbocycles. The summed E-state index contributed by atoms with van der Waals surface area (Å²) in [5, 5.41) is 2.85. The highest BCUT2D eigenvalue weighted by atomic mass is 16.5. The molecule has 0 saturated carbocycles. The van der Waals surface area contributed by atoms with Crippen LogP contribution in [0.3, 0.4) is 0 Å². The van der Waals surface area contributed by atoms with Gasteiger partial charge in [0.15, 0.2) is 0 Å². The number of carbonyl (C=O) groups is 1. The zero-order chi connectivity index (χ0) is 14.5. The minimum atomic E-state index is -0.220. The molecule has 0 aliphatic rings. The third-order valence-electron chi connectivity index (χ3n) is 2.82. The van der Waals surface area contributed by atoms with Gasteiger partial charge in [0.25, 0.3) is 5.91 Å². The Morgan fingerprint density at radius 2 is 2.25 bits per heavy atom. The van der Waals surface area contributed by atoms with Gasteiger partial charge in [0.05, 0.1) is 18.9 Å². The molecule has 0 radical (unpaired) electrons. The van der Waals surface area contributed by atoms with Crippen molar-refractivity contribution in [1.82, 2.24) is 5.32 Å². The number of hydrogen-bond donors (Lipinski definition) is 2. The summed E-state index contributed by atoms with van der Waals surface area (Å²) in [6, 6.07) is 8.36. The second kappa shape index (κ2) is 6.14. The molecule has 20 heavy (non-hydrogen) atoms. The molecule has 1 atom stereocenters. The van der Waals surface area contributed by atoms with Gasteiger partial charge in [0.2, 0.25) is 0 Å². The van der Waals surface area contributed by atoms with Crippen molar-refractivity contribution >= 4 is 11.6 Å². The van der Waals surface area contributed by atoms with E-state index < -0.39 is 0 Å². The van der Waals surface area contributed by atoms with E-state index in [-0.39, 0.29) is 11.9 Å². The first-order valence-corrected chi connectivity index (χ1v) is 6.47. The first kappa shape index (κ1) is 14.0. The number of nitrogens with two attached hydrogens (primary N) is 1. The van der Waals surface area contributed by atoms with Crippen molar-refractivity contribution in [2.45, 2.75) is 19.9 Å². The Kier molecular flexibility index (Phi) is 4.30. The van der Waals surface area contributed by atoms with Crippen LogP contribution in [0.1, 0.15) is 36.0 Å². The second-order valence-electron chi connectivity index (χ2n) is 4.43. The lowest BCUT2D eigenvalue weighted by Gasteiger charge is -2.13. The molecule has 0 saturated heterocycles. The molecule has 2 aromatic rings. The summed E-state index contributed by atoms with van der Waals surface area (Å²) in [7, 11) is 0. The maximum atomic E-state index is 12.2. The SMILES string of the molecule is CCOc1cc(N)cc(C(=O)NC(C)c2ccco2)c1. The normalized spacial score (nSPS) is 11.9. The molecule has 0 spiro atoms. The predicted molar refractivity (Wildman–Crippen MR) is 76.6 cm³/mol. The van der Waals surface area contributed by atoms with Gasteiger partial charge in [-0.15, -0.1) is 0 Å². The molecule has 106 valence electrons. The monoisotopic (exact) mass is 274 g/mol. The maximum absolute atomic E-state index is 12.2. The average Bonchev–Trinajstić information content (AvgIpc) is 2.92. The van der Waals surface area contributed by atoms with Crippen molar-refractivity contribution < 1.29 is 13.9 Å². The fourth-order valence-corrected chi connectivity index (χ4v) is 1.89. The van der Waals surface area contributed by atoms with Gasteiger partial charge in [-0.2, -0.15) is 0 Å². The van der Waals surface area contributed by atoms with Gasteiger partial charge < -0.3 is 20.2 Å². The summed E-state index contributed by atoms with van der Waals surface area (Å²) in [6.07, 6.45) is 1.58. The van der Waals surface area contributed by atoms with Gasteiger partial charge in [0, 0.05) is 17.3 Å². The third-order valence-corrected chi connectivity index (χ3v) is 2.82. The summed E-state index contributed by atoms with van der Waals surface area (Å²) in [5.41, 5.74) is 6.73. The fourth-order valence-electron chi connectivity index (χ4n) is 1.89. The van der Waals surface area contributed by atoms with Crippen molar-refractivity contribution in [3.63, 3.8) is 0 Å². The van der Waals surface area contributed by atoms with Crippen LogP contribution >= 0.6 is 0 Å². The highest BCUT2D eigenvalue weighted by Crippen LogP contribution is 2.20. The third kappa shape index (κ3) is 3.32. The molecule has 5 nitrogen and oxygen atoms in total. The minimum absolute atomic E-state index is 0.213. The lowest BCUT2D eigenvalue weighted by molar-refractivity contribution is 0.0935. The molecule has 0 aliphatic heterocycles. The minimum Gasteiger partial charge on any atom is -0.494 e. The van der Waals surface area contributed by atoms with E-state index in [9.17, 15) is 4.79 Å². The van der Waals surface area contributed by atoms with Crippen LogP contribution in [0.4, 0.5) is 5.69 Å². The fraction of sp³-hybridized carbons (Fsp3) is 0.267. The van der Waals surface area contributed by atoms with Crippen LogP contribution in [0.15, 0.2) is 41.0 Å². The number of ether oxygens (including phenoxy) is 1. The van der Waals surface area contributed by atoms with E-state index in [1.54, 1.807) is 30.5 Å². The standard InChI is InChI=1S/C15H18N2O3/c1-3-19-13-8-11(7-12(16)9-13)15(18)17-10(2)14-5-4-6-20-14/h4-10H,3,16H2,1-2H3,(H,17,18). The van der Waals surface area contributed by atoms with Crippen molar-refractivity contribution in [3.05, 3.63) is 47.9 Å². The topological polar surface area (TPSA) is 77.5 Å². The summed E-state index contributed by atoms with van der Waals surface area (Å²) < 4.78 is 10.6. The number of benzene rings is 1. The Bertz CT molecular complexity index is 579. The first-order valence-electron chi connectivity index (χ1n) is 6.47. The van der Waals surface area contributed by atoms with E-state index in [1.165, 1.54) is 0 Å². The van der Waals surface area contributed by atoms with E-state index in [0.29, 0.717) is 29.4 Å². The number of furan rings is 1. The molecule has 1 heterocycles. The molecule has 1 unspecified atom stereocenters. The van der Waals surface area contributed by atoms with E-state index in [2.05, 4.69) is 5.32 Å². The zero-order valence-electron chi connectivity index (χ0n) is 11.6. The first-order chi connectivity index (χ1) is 9.60. The molecule has 0 bridgehead atoms. The highest BCUT2D eigenvalue weighted by molar-refractivity contribution is 5.95. The molecule has 2 rings (SSSR count). The molecule has 1 amide bonds. The highest BCUT2D eigenvalue weighted by Gasteiger charge is 2.14. The Morgan fingerprint density at radius 1 is 1.45 bits per heavy atom. The Morgan fingerprint density at radius 3 is 2.90 bits per heavy atom. The van der Waals surface area contributed by atoms with Crippen LogP contribution in [0.25, 0.3) is 0 Å². The van der Waals surface area contributed by atoms with Crippen molar-refractivity contribution in [1.29, 1.82) is 0 Å². The van der Waals surface area contributed by atoms with Crippen molar-refractivity contribution in [2.75, 3.05) is 12.3 Å². The number of nitrogen functional groups attached to an aromatic ring is 1. The van der Waals surface area contributed by atoms with Crippen molar-refractivity contribution in [2.24, 2.45) is 0 Å². The van der Waals surface area contributed by atoms with Crippen molar-refractivity contribution in [3.8, 4) is 5.75 Å². The van der Waals surface area contributed by atoms with E-state index in [4.69, 9.17) is 14.9 Å². The molecule has 3 N–H and O–H groups in total. The largest absolute Gasteiger partial charge is 0.494 e. The van der Waals surface area contributed by atoms with Gasteiger partial charge in [-0.1, -0.05) is 0 Å². The molecular formula is C15H18N2O3. The lowest BCUT2D eigenvalue weighted by atomic mass is 10.1. The number of anilines is 1. The number of nitrogens with one attached hydrogen (secondary N) is 1. The van der Waals surface area contributed by atoms with Crippen LogP contribution in [0.2, 0.25) is 0 Å². The van der Waals surface area contributed by atoms with E-state index in [0.717, 1.165) is 0 Å². The lowest BCUT2D eigenvalue weighted by Crippen LogP contribution is -2.26. The number of carbonyl (C=O) groups excluding carboxylic acids is 1. The predicted octanol–water partition coefficient (Wildman–Crippen LogP) is 2.75. The molecule has 5 heteroatoms. The molecule has 1 aromatic heterocycles. The number of amides is 1. The maximum Gasteiger partial charge on any atom is 0.252 e. The van der Waals surface area contributed by atoms with E-state index in [1.807, 2.05) is 19.9 Å². The van der Waals surface area contributed by atoms with Gasteiger partial charge in [-0.05, 0) is 38.1 Å². The average molecular weight is 274 g/mol.